The van der Waals surface area contributed by atoms with Crippen molar-refractivity contribution in [3.63, 3.8) is 0 Å². The van der Waals surface area contributed by atoms with Crippen molar-refractivity contribution in [1.82, 2.24) is 10.3 Å². The van der Waals surface area contributed by atoms with Crippen LogP contribution in [-0.4, -0.2) is 17.5 Å². The third kappa shape index (κ3) is 4.05. The molecule has 1 heterocycles. The minimum Gasteiger partial charge on any atom is -0.484 e. The van der Waals surface area contributed by atoms with Crippen LogP contribution < -0.4 is 10.1 Å². The number of halogens is 1. The van der Waals surface area contributed by atoms with Gasteiger partial charge in [0.2, 0.25) is 0 Å². The van der Waals surface area contributed by atoms with E-state index in [0.29, 0.717) is 5.75 Å². The molecule has 1 aromatic heterocycles. The maximum atomic E-state index is 13.3. The van der Waals surface area contributed by atoms with Crippen LogP contribution in [0.25, 0.3) is 0 Å². The number of nitrogens with one attached hydrogen (secondary N) is 1. The number of benzene rings is 1. The van der Waals surface area contributed by atoms with E-state index in [1.807, 2.05) is 19.1 Å². The number of hydrogen-bond donors (Lipinski definition) is 1. The summed E-state index contributed by atoms with van der Waals surface area (Å²) in [5.41, 5.74) is 1.32. The fourth-order valence-corrected chi connectivity index (χ4v) is 1.57. The number of amides is 1. The van der Waals surface area contributed by atoms with Gasteiger partial charge in [-0.2, -0.15) is 0 Å². The van der Waals surface area contributed by atoms with E-state index < -0.39 is 5.82 Å². The summed E-state index contributed by atoms with van der Waals surface area (Å²) in [6.45, 7) is 1.90. The third-order valence-electron chi connectivity index (χ3n) is 2.68. The van der Waals surface area contributed by atoms with Crippen molar-refractivity contribution in [2.24, 2.45) is 0 Å². The molecule has 1 amide bonds. The van der Waals surface area contributed by atoms with Gasteiger partial charge in [0, 0.05) is 6.20 Å². The van der Waals surface area contributed by atoms with Crippen LogP contribution in [0.2, 0.25) is 0 Å². The largest absolute Gasteiger partial charge is 0.484 e. The Kier molecular flexibility index (Phi) is 4.65. The lowest BCUT2D eigenvalue weighted by molar-refractivity contribution is -0.123. The van der Waals surface area contributed by atoms with Crippen LogP contribution in [0.4, 0.5) is 4.39 Å². The van der Waals surface area contributed by atoms with Gasteiger partial charge in [0.1, 0.15) is 11.6 Å². The molecule has 1 N–H and O–H groups in total. The molecule has 0 atom stereocenters. The fourth-order valence-electron chi connectivity index (χ4n) is 1.57. The molecule has 0 spiro atoms. The van der Waals surface area contributed by atoms with Gasteiger partial charge in [0.05, 0.1) is 12.2 Å². The Morgan fingerprint density at radius 3 is 2.75 bits per heavy atom. The zero-order chi connectivity index (χ0) is 14.4. The Morgan fingerprint density at radius 2 is 2.05 bits per heavy atom. The predicted molar refractivity (Wildman–Crippen MR) is 72.7 cm³/mol. The van der Waals surface area contributed by atoms with Crippen molar-refractivity contribution >= 4 is 5.91 Å². The van der Waals surface area contributed by atoms with Crippen molar-refractivity contribution in [2.45, 2.75) is 13.5 Å². The Morgan fingerprint density at radius 1 is 1.30 bits per heavy atom. The van der Waals surface area contributed by atoms with E-state index in [1.54, 1.807) is 12.1 Å². The van der Waals surface area contributed by atoms with E-state index in [-0.39, 0.29) is 24.8 Å². The second-order valence-corrected chi connectivity index (χ2v) is 4.31. The van der Waals surface area contributed by atoms with E-state index >= 15 is 0 Å². The molecule has 104 valence electrons. The van der Waals surface area contributed by atoms with Crippen LogP contribution >= 0.6 is 0 Å². The van der Waals surface area contributed by atoms with Crippen LogP contribution in [0.5, 0.6) is 5.75 Å². The molecule has 0 radical (unpaired) electrons. The summed E-state index contributed by atoms with van der Waals surface area (Å²) in [4.78, 5) is 15.4. The molecule has 0 fully saturated rings. The summed E-state index contributed by atoms with van der Waals surface area (Å²) in [6.07, 6.45) is 1.48. The SMILES string of the molecule is Cc1ccc(OCC(=O)NCc2ncccc2F)cc1. The monoisotopic (exact) mass is 274 g/mol. The first-order chi connectivity index (χ1) is 9.65. The van der Waals surface area contributed by atoms with E-state index in [2.05, 4.69) is 10.3 Å². The first-order valence-corrected chi connectivity index (χ1v) is 6.21. The van der Waals surface area contributed by atoms with Gasteiger partial charge in [0.15, 0.2) is 6.61 Å². The van der Waals surface area contributed by atoms with Gasteiger partial charge in [-0.3, -0.25) is 9.78 Å². The number of nitrogens with zero attached hydrogens (tertiary/aromatic N) is 1. The molecular formula is C15H15FN2O2. The number of hydrogen-bond acceptors (Lipinski definition) is 3. The van der Waals surface area contributed by atoms with Crippen LogP contribution in [-0.2, 0) is 11.3 Å². The summed E-state index contributed by atoms with van der Waals surface area (Å²) in [6, 6.07) is 10.2. The number of pyridine rings is 1. The van der Waals surface area contributed by atoms with Crippen molar-refractivity contribution in [1.29, 1.82) is 0 Å². The molecule has 5 heteroatoms. The number of carbonyl (C=O) groups excluding carboxylic acids is 1. The highest BCUT2D eigenvalue weighted by Gasteiger charge is 2.06. The second kappa shape index (κ2) is 6.65. The van der Waals surface area contributed by atoms with Gasteiger partial charge in [-0.15, -0.1) is 0 Å². The summed E-state index contributed by atoms with van der Waals surface area (Å²) < 4.78 is 18.6. The Hall–Kier alpha value is -2.43. The Balaban J connectivity index is 1.78. The van der Waals surface area contributed by atoms with Gasteiger partial charge >= 0.3 is 0 Å². The lowest BCUT2D eigenvalue weighted by Crippen LogP contribution is -2.29. The normalized spacial score (nSPS) is 10.1. The third-order valence-corrected chi connectivity index (χ3v) is 2.68. The maximum Gasteiger partial charge on any atom is 0.258 e. The lowest BCUT2D eigenvalue weighted by Gasteiger charge is -2.07. The molecule has 0 saturated heterocycles. The molecule has 2 rings (SSSR count). The van der Waals surface area contributed by atoms with E-state index in [1.165, 1.54) is 18.3 Å². The first kappa shape index (κ1) is 14.0. The molecule has 0 aliphatic rings. The Labute approximate surface area is 116 Å². The van der Waals surface area contributed by atoms with Crippen LogP contribution in [0.3, 0.4) is 0 Å². The van der Waals surface area contributed by atoms with Crippen LogP contribution in [0.1, 0.15) is 11.3 Å². The molecular weight excluding hydrogens is 259 g/mol. The average Bonchev–Trinajstić information content (AvgIpc) is 2.46. The van der Waals surface area contributed by atoms with Crippen LogP contribution in [0, 0.1) is 12.7 Å². The maximum absolute atomic E-state index is 13.3. The van der Waals surface area contributed by atoms with Crippen molar-refractivity contribution in [2.75, 3.05) is 6.61 Å². The number of ether oxygens (including phenoxy) is 1. The van der Waals surface area contributed by atoms with Gasteiger partial charge < -0.3 is 10.1 Å². The van der Waals surface area contributed by atoms with Gasteiger partial charge in [-0.25, -0.2) is 4.39 Å². The number of aryl methyl sites for hydroxylation is 1. The highest BCUT2D eigenvalue weighted by Crippen LogP contribution is 2.11. The van der Waals surface area contributed by atoms with Crippen LogP contribution in [0.15, 0.2) is 42.6 Å². The molecule has 0 saturated carbocycles. The number of carbonyl (C=O) groups is 1. The molecule has 2 aromatic rings. The van der Waals surface area contributed by atoms with Gasteiger partial charge in [0.25, 0.3) is 5.91 Å². The van der Waals surface area contributed by atoms with E-state index in [0.717, 1.165) is 5.56 Å². The van der Waals surface area contributed by atoms with Gasteiger partial charge in [-0.05, 0) is 31.2 Å². The Bertz CT molecular complexity index is 585. The molecule has 0 bridgehead atoms. The smallest absolute Gasteiger partial charge is 0.258 e. The van der Waals surface area contributed by atoms with Crippen molar-refractivity contribution in [3.05, 3.63) is 59.7 Å². The molecule has 4 nitrogen and oxygen atoms in total. The highest BCUT2D eigenvalue weighted by atomic mass is 19.1. The minimum atomic E-state index is -0.438. The summed E-state index contributed by atoms with van der Waals surface area (Å²) in [7, 11) is 0. The zero-order valence-electron chi connectivity index (χ0n) is 11.1. The first-order valence-electron chi connectivity index (χ1n) is 6.21. The van der Waals surface area contributed by atoms with Crippen molar-refractivity contribution < 1.29 is 13.9 Å². The summed E-state index contributed by atoms with van der Waals surface area (Å²) >= 11 is 0. The summed E-state index contributed by atoms with van der Waals surface area (Å²) in [5.74, 6) is -0.141. The molecule has 0 unspecified atom stereocenters. The summed E-state index contributed by atoms with van der Waals surface area (Å²) in [5, 5.41) is 2.55. The average molecular weight is 274 g/mol. The highest BCUT2D eigenvalue weighted by molar-refractivity contribution is 5.77. The second-order valence-electron chi connectivity index (χ2n) is 4.31. The fraction of sp³-hybridized carbons (Fsp3) is 0.200. The van der Waals surface area contributed by atoms with E-state index in [9.17, 15) is 9.18 Å². The zero-order valence-corrected chi connectivity index (χ0v) is 11.1. The lowest BCUT2D eigenvalue weighted by atomic mass is 10.2. The minimum absolute atomic E-state index is 0.0444. The number of aromatic nitrogens is 1. The molecule has 0 aliphatic carbocycles. The predicted octanol–water partition coefficient (Wildman–Crippen LogP) is 2.22. The standard InChI is InChI=1S/C15H15FN2O2/c1-11-4-6-12(7-5-11)20-10-15(19)18-9-14-13(16)3-2-8-17-14/h2-8H,9-10H2,1H3,(H,18,19). The van der Waals surface area contributed by atoms with Gasteiger partial charge in [-0.1, -0.05) is 17.7 Å². The topological polar surface area (TPSA) is 51.2 Å². The number of rotatable bonds is 5. The molecule has 1 aromatic carbocycles. The molecule has 0 aliphatic heterocycles. The van der Waals surface area contributed by atoms with E-state index in [4.69, 9.17) is 4.74 Å². The molecule has 20 heavy (non-hydrogen) atoms. The quantitative estimate of drug-likeness (QED) is 0.909. The van der Waals surface area contributed by atoms with Crippen molar-refractivity contribution in [3.8, 4) is 5.75 Å².